The molecule has 0 fully saturated rings. The van der Waals surface area contributed by atoms with E-state index in [9.17, 15) is 8.42 Å². The van der Waals surface area contributed by atoms with Crippen molar-refractivity contribution in [2.24, 2.45) is 0 Å². The second-order valence-corrected chi connectivity index (χ2v) is 6.52. The number of rotatable bonds is 3. The summed E-state index contributed by atoms with van der Waals surface area (Å²) in [6.07, 6.45) is 0. The molecule has 5 nitrogen and oxygen atoms in total. The van der Waals surface area contributed by atoms with E-state index < -0.39 is 10.0 Å². The SMILES string of the molecule is Cc1cc(S(=O)(=O)Nc2ccc(C#N)c(Cl)c2)ccc1N. The molecule has 2 aromatic carbocycles. The number of nitriles is 1. The summed E-state index contributed by atoms with van der Waals surface area (Å²) in [5.41, 5.74) is 7.44. The van der Waals surface area contributed by atoms with Gasteiger partial charge in [-0.3, -0.25) is 4.72 Å². The number of nitrogens with zero attached hydrogens (tertiary/aromatic N) is 1. The van der Waals surface area contributed by atoms with E-state index in [4.69, 9.17) is 22.6 Å². The van der Waals surface area contributed by atoms with Crippen LogP contribution in [-0.4, -0.2) is 8.42 Å². The van der Waals surface area contributed by atoms with Gasteiger partial charge in [-0.1, -0.05) is 11.6 Å². The molecule has 108 valence electrons. The van der Waals surface area contributed by atoms with Crippen molar-refractivity contribution >= 4 is 33.0 Å². The molecule has 0 aliphatic carbocycles. The molecule has 0 bridgehead atoms. The maximum atomic E-state index is 12.3. The third-order valence-electron chi connectivity index (χ3n) is 2.89. The second kappa shape index (κ2) is 5.64. The summed E-state index contributed by atoms with van der Waals surface area (Å²) < 4.78 is 27.0. The predicted octanol–water partition coefficient (Wildman–Crippen LogP) is 2.90. The van der Waals surface area contributed by atoms with E-state index in [1.807, 2.05) is 6.07 Å². The van der Waals surface area contributed by atoms with Gasteiger partial charge in [-0.05, 0) is 48.9 Å². The molecule has 0 amide bonds. The Morgan fingerprint density at radius 1 is 1.24 bits per heavy atom. The van der Waals surface area contributed by atoms with Gasteiger partial charge < -0.3 is 5.73 Å². The predicted molar refractivity (Wildman–Crippen MR) is 82.6 cm³/mol. The molecule has 0 aromatic heterocycles. The summed E-state index contributed by atoms with van der Waals surface area (Å²) in [4.78, 5) is 0.106. The van der Waals surface area contributed by atoms with Crippen molar-refractivity contribution < 1.29 is 8.42 Å². The van der Waals surface area contributed by atoms with Gasteiger partial charge in [0.15, 0.2) is 0 Å². The highest BCUT2D eigenvalue weighted by atomic mass is 35.5. The van der Waals surface area contributed by atoms with Crippen LogP contribution in [0.15, 0.2) is 41.3 Å². The van der Waals surface area contributed by atoms with Crippen LogP contribution in [0.2, 0.25) is 5.02 Å². The van der Waals surface area contributed by atoms with Crippen molar-refractivity contribution in [2.75, 3.05) is 10.5 Å². The number of hydrogen-bond donors (Lipinski definition) is 2. The summed E-state index contributed by atoms with van der Waals surface area (Å²) in [6, 6.07) is 10.7. The standard InChI is InChI=1S/C14H12ClN3O2S/c1-9-6-12(4-5-14(9)17)21(19,20)18-11-3-2-10(8-16)13(15)7-11/h2-7,18H,17H2,1H3. The molecule has 0 atom stereocenters. The molecule has 0 unspecified atom stereocenters. The molecule has 0 radical (unpaired) electrons. The molecule has 2 rings (SSSR count). The van der Waals surface area contributed by atoms with Crippen molar-refractivity contribution in [3.05, 3.63) is 52.5 Å². The molecular formula is C14H12ClN3O2S. The first kappa shape index (κ1) is 15.2. The van der Waals surface area contributed by atoms with Crippen LogP contribution < -0.4 is 10.5 Å². The van der Waals surface area contributed by atoms with Crippen LogP contribution in [0.5, 0.6) is 0 Å². The van der Waals surface area contributed by atoms with Gasteiger partial charge in [0.1, 0.15) is 6.07 Å². The van der Waals surface area contributed by atoms with E-state index >= 15 is 0 Å². The summed E-state index contributed by atoms with van der Waals surface area (Å²) in [6.45, 7) is 1.73. The Hall–Kier alpha value is -2.23. The molecule has 0 heterocycles. The topological polar surface area (TPSA) is 96.0 Å². The molecule has 0 spiro atoms. The number of anilines is 2. The highest BCUT2D eigenvalue weighted by Gasteiger charge is 2.15. The Labute approximate surface area is 128 Å². The maximum absolute atomic E-state index is 12.3. The zero-order valence-corrected chi connectivity index (χ0v) is 12.7. The van der Waals surface area contributed by atoms with Crippen molar-refractivity contribution in [3.8, 4) is 6.07 Å². The molecule has 0 aliphatic heterocycles. The fraction of sp³-hybridized carbons (Fsp3) is 0.0714. The average Bonchev–Trinajstić information content (AvgIpc) is 2.41. The van der Waals surface area contributed by atoms with E-state index in [0.717, 1.165) is 0 Å². The van der Waals surface area contributed by atoms with Gasteiger partial charge in [0.25, 0.3) is 10.0 Å². The lowest BCUT2D eigenvalue weighted by Gasteiger charge is -2.10. The second-order valence-electron chi connectivity index (χ2n) is 4.43. The van der Waals surface area contributed by atoms with Crippen molar-refractivity contribution in [1.29, 1.82) is 5.26 Å². The molecule has 0 saturated carbocycles. The lowest BCUT2D eigenvalue weighted by molar-refractivity contribution is 0.601. The van der Waals surface area contributed by atoms with Crippen molar-refractivity contribution in [3.63, 3.8) is 0 Å². The summed E-state index contributed by atoms with van der Waals surface area (Å²) >= 11 is 5.88. The van der Waals surface area contributed by atoms with Gasteiger partial charge >= 0.3 is 0 Å². The molecule has 3 N–H and O–H groups in total. The number of hydrogen-bond acceptors (Lipinski definition) is 4. The van der Waals surface area contributed by atoms with Crippen LogP contribution in [0.25, 0.3) is 0 Å². The number of nitrogen functional groups attached to an aromatic ring is 1. The molecule has 7 heteroatoms. The monoisotopic (exact) mass is 321 g/mol. The maximum Gasteiger partial charge on any atom is 0.261 e. The van der Waals surface area contributed by atoms with E-state index in [2.05, 4.69) is 4.72 Å². The molecule has 0 aliphatic rings. The summed E-state index contributed by atoms with van der Waals surface area (Å²) in [5, 5.41) is 8.98. The van der Waals surface area contributed by atoms with E-state index in [0.29, 0.717) is 11.3 Å². The van der Waals surface area contributed by atoms with Crippen LogP contribution in [0, 0.1) is 18.3 Å². The minimum absolute atomic E-state index is 0.106. The first-order chi connectivity index (χ1) is 9.83. The Kier molecular flexibility index (Phi) is 4.07. The van der Waals surface area contributed by atoms with E-state index in [-0.39, 0.29) is 21.2 Å². The molecule has 21 heavy (non-hydrogen) atoms. The van der Waals surface area contributed by atoms with Crippen LogP contribution in [0.4, 0.5) is 11.4 Å². The number of sulfonamides is 1. The smallest absolute Gasteiger partial charge is 0.261 e. The van der Waals surface area contributed by atoms with Gasteiger partial charge in [-0.2, -0.15) is 5.26 Å². The highest BCUT2D eigenvalue weighted by molar-refractivity contribution is 7.92. The first-order valence-corrected chi connectivity index (χ1v) is 7.78. The van der Waals surface area contributed by atoms with Gasteiger partial charge in [-0.15, -0.1) is 0 Å². The lowest BCUT2D eigenvalue weighted by Crippen LogP contribution is -2.13. The number of aryl methyl sites for hydroxylation is 1. The van der Waals surface area contributed by atoms with Gasteiger partial charge in [0.2, 0.25) is 0 Å². The average molecular weight is 322 g/mol. The van der Waals surface area contributed by atoms with Gasteiger partial charge in [0.05, 0.1) is 21.2 Å². The van der Waals surface area contributed by atoms with Gasteiger partial charge in [-0.25, -0.2) is 8.42 Å². The Morgan fingerprint density at radius 2 is 1.95 bits per heavy atom. The fourth-order valence-corrected chi connectivity index (χ4v) is 3.06. The third kappa shape index (κ3) is 3.27. The molecular weight excluding hydrogens is 310 g/mol. The largest absolute Gasteiger partial charge is 0.399 e. The normalized spacial score (nSPS) is 10.9. The highest BCUT2D eigenvalue weighted by Crippen LogP contribution is 2.24. The van der Waals surface area contributed by atoms with Crippen LogP contribution in [-0.2, 0) is 10.0 Å². The van der Waals surface area contributed by atoms with Crippen LogP contribution >= 0.6 is 11.6 Å². The van der Waals surface area contributed by atoms with Crippen LogP contribution in [0.1, 0.15) is 11.1 Å². The van der Waals surface area contributed by atoms with Crippen LogP contribution in [0.3, 0.4) is 0 Å². The third-order valence-corrected chi connectivity index (χ3v) is 4.58. The van der Waals surface area contributed by atoms with E-state index in [1.54, 1.807) is 6.92 Å². The zero-order chi connectivity index (χ0) is 15.6. The Bertz CT molecular complexity index is 842. The number of halogens is 1. The fourth-order valence-electron chi connectivity index (χ4n) is 1.70. The quantitative estimate of drug-likeness (QED) is 0.849. The van der Waals surface area contributed by atoms with Crippen molar-refractivity contribution in [1.82, 2.24) is 0 Å². The number of nitrogens with two attached hydrogens (primary N) is 1. The zero-order valence-electron chi connectivity index (χ0n) is 11.1. The van der Waals surface area contributed by atoms with E-state index in [1.165, 1.54) is 36.4 Å². The summed E-state index contributed by atoms with van der Waals surface area (Å²) in [7, 11) is -3.74. The number of benzene rings is 2. The summed E-state index contributed by atoms with van der Waals surface area (Å²) in [5.74, 6) is 0. The first-order valence-electron chi connectivity index (χ1n) is 5.92. The van der Waals surface area contributed by atoms with Gasteiger partial charge in [0, 0.05) is 5.69 Å². The minimum atomic E-state index is -3.74. The molecule has 0 saturated heterocycles. The molecule has 2 aromatic rings. The van der Waals surface area contributed by atoms with Crippen molar-refractivity contribution in [2.45, 2.75) is 11.8 Å². The lowest BCUT2D eigenvalue weighted by atomic mass is 10.2. The Balaban J connectivity index is 2.35. The number of nitrogens with one attached hydrogen (secondary N) is 1. The minimum Gasteiger partial charge on any atom is -0.399 e. The Morgan fingerprint density at radius 3 is 2.52 bits per heavy atom.